The largest absolute Gasteiger partial charge is 0.449 e. The molecule has 3 rings (SSSR count). The molecule has 0 fully saturated rings. The molecule has 0 aliphatic heterocycles. The van der Waals surface area contributed by atoms with Crippen LogP contribution in [0.1, 0.15) is 27.6 Å². The summed E-state index contributed by atoms with van der Waals surface area (Å²) in [4.78, 5) is 12.4. The minimum Gasteiger partial charge on any atom is -0.449 e. The highest BCUT2D eigenvalue weighted by Gasteiger charge is 2.21. The van der Waals surface area contributed by atoms with E-state index in [4.69, 9.17) is 10.5 Å². The molecule has 0 aliphatic carbocycles. The van der Waals surface area contributed by atoms with Gasteiger partial charge >= 0.3 is 5.97 Å². The molecule has 2 N–H and O–H groups in total. The first-order valence-electron chi connectivity index (χ1n) is 7.51. The quantitative estimate of drug-likeness (QED) is 0.574. The van der Waals surface area contributed by atoms with Gasteiger partial charge in [0.1, 0.15) is 5.82 Å². The number of nitrogens with two attached hydrogens (primary N) is 1. The molecule has 0 spiro atoms. The summed E-state index contributed by atoms with van der Waals surface area (Å²) in [5.41, 5.74) is 7.26. The fraction of sp³-hybridized carbons (Fsp3) is 0.0500. The van der Waals surface area contributed by atoms with Gasteiger partial charge in [-0.05, 0) is 29.3 Å². The summed E-state index contributed by atoms with van der Waals surface area (Å²) in [5.74, 6) is -1.43. The number of rotatable bonds is 4. The lowest BCUT2D eigenvalue weighted by Gasteiger charge is -2.19. The monoisotopic (exact) mass is 321 g/mol. The molecule has 3 nitrogen and oxygen atoms in total. The maximum Gasteiger partial charge on any atom is 0.342 e. The second-order valence-electron chi connectivity index (χ2n) is 5.35. The van der Waals surface area contributed by atoms with Crippen molar-refractivity contribution in [2.45, 2.75) is 6.10 Å². The molecule has 0 heterocycles. The molecular weight excluding hydrogens is 305 g/mol. The van der Waals surface area contributed by atoms with Gasteiger partial charge in [0.15, 0.2) is 6.10 Å². The average molecular weight is 321 g/mol. The van der Waals surface area contributed by atoms with Crippen molar-refractivity contribution in [3.05, 3.63) is 101 Å². The Morgan fingerprint density at radius 3 is 1.92 bits per heavy atom. The molecule has 0 atom stereocenters. The third-order valence-electron chi connectivity index (χ3n) is 3.64. The van der Waals surface area contributed by atoms with Crippen LogP contribution < -0.4 is 5.73 Å². The molecule has 0 unspecified atom stereocenters. The Morgan fingerprint density at radius 1 is 0.875 bits per heavy atom. The molecule has 0 aliphatic rings. The summed E-state index contributed by atoms with van der Waals surface area (Å²) in [6.07, 6.45) is -0.614. The number of carbonyl (C=O) groups excluding carboxylic acids is 1. The van der Waals surface area contributed by atoms with E-state index in [1.54, 1.807) is 0 Å². The van der Waals surface area contributed by atoms with Gasteiger partial charge in [-0.1, -0.05) is 60.7 Å². The number of anilines is 1. The standard InChI is InChI=1S/C20H16FNO2/c21-18-13-16(22)11-12-17(18)20(23)24-19(14-7-3-1-4-8-14)15-9-5-2-6-10-15/h1-13,19H,22H2. The Bertz CT molecular complexity index is 795. The fourth-order valence-corrected chi connectivity index (χ4v) is 2.45. The smallest absolute Gasteiger partial charge is 0.342 e. The first kappa shape index (κ1) is 15.7. The maximum absolute atomic E-state index is 14.0. The van der Waals surface area contributed by atoms with E-state index in [0.29, 0.717) is 0 Å². The number of hydrogen-bond donors (Lipinski definition) is 1. The van der Waals surface area contributed by atoms with Crippen molar-refractivity contribution in [3.8, 4) is 0 Å². The predicted octanol–water partition coefficient (Wildman–Crippen LogP) is 4.35. The van der Waals surface area contributed by atoms with Gasteiger partial charge in [-0.2, -0.15) is 0 Å². The normalized spacial score (nSPS) is 10.6. The minimum absolute atomic E-state index is 0.138. The zero-order chi connectivity index (χ0) is 16.9. The molecular formula is C20H16FNO2. The van der Waals surface area contributed by atoms with Crippen LogP contribution in [0.5, 0.6) is 0 Å². The Morgan fingerprint density at radius 2 is 1.42 bits per heavy atom. The summed E-state index contributed by atoms with van der Waals surface area (Å²) in [6.45, 7) is 0. The molecule has 3 aromatic rings. The van der Waals surface area contributed by atoms with E-state index < -0.39 is 17.9 Å². The number of benzene rings is 3. The number of nitrogen functional groups attached to an aromatic ring is 1. The van der Waals surface area contributed by atoms with Crippen LogP contribution in [0, 0.1) is 5.82 Å². The highest BCUT2D eigenvalue weighted by molar-refractivity contribution is 5.90. The van der Waals surface area contributed by atoms with Gasteiger partial charge in [-0.25, -0.2) is 9.18 Å². The molecule has 3 aromatic carbocycles. The second kappa shape index (κ2) is 6.96. The zero-order valence-corrected chi connectivity index (χ0v) is 12.9. The van der Waals surface area contributed by atoms with Crippen LogP contribution in [0.3, 0.4) is 0 Å². The summed E-state index contributed by atoms with van der Waals surface area (Å²) >= 11 is 0. The summed E-state index contributed by atoms with van der Waals surface area (Å²) in [7, 11) is 0. The van der Waals surface area contributed by atoms with E-state index in [-0.39, 0.29) is 11.3 Å². The molecule has 120 valence electrons. The molecule has 0 radical (unpaired) electrons. The van der Waals surface area contributed by atoms with E-state index in [2.05, 4.69) is 0 Å². The van der Waals surface area contributed by atoms with E-state index in [9.17, 15) is 9.18 Å². The van der Waals surface area contributed by atoms with Crippen molar-refractivity contribution in [3.63, 3.8) is 0 Å². The molecule has 24 heavy (non-hydrogen) atoms. The molecule has 0 saturated heterocycles. The Hall–Kier alpha value is -3.14. The van der Waals surface area contributed by atoms with Crippen LogP contribution in [0.15, 0.2) is 78.9 Å². The summed E-state index contributed by atoms with van der Waals surface area (Å²) < 4.78 is 19.6. The van der Waals surface area contributed by atoms with E-state index in [0.717, 1.165) is 17.2 Å². The fourth-order valence-electron chi connectivity index (χ4n) is 2.45. The van der Waals surface area contributed by atoms with Crippen LogP contribution >= 0.6 is 0 Å². The van der Waals surface area contributed by atoms with Gasteiger partial charge in [-0.15, -0.1) is 0 Å². The van der Waals surface area contributed by atoms with E-state index in [1.165, 1.54) is 12.1 Å². The van der Waals surface area contributed by atoms with Crippen molar-refractivity contribution in [2.24, 2.45) is 0 Å². The first-order valence-corrected chi connectivity index (χ1v) is 7.51. The lowest BCUT2D eigenvalue weighted by molar-refractivity contribution is 0.0373. The molecule has 0 aromatic heterocycles. The van der Waals surface area contributed by atoms with Crippen LogP contribution in [-0.2, 0) is 4.74 Å². The van der Waals surface area contributed by atoms with Crippen molar-refractivity contribution >= 4 is 11.7 Å². The van der Waals surface area contributed by atoms with Gasteiger partial charge in [0.2, 0.25) is 0 Å². The van der Waals surface area contributed by atoms with Crippen molar-refractivity contribution in [2.75, 3.05) is 5.73 Å². The van der Waals surface area contributed by atoms with Crippen molar-refractivity contribution < 1.29 is 13.9 Å². The summed E-state index contributed by atoms with van der Waals surface area (Å²) in [5, 5.41) is 0. The topological polar surface area (TPSA) is 52.3 Å². The lowest BCUT2D eigenvalue weighted by Crippen LogP contribution is -2.14. The number of ether oxygens (including phenoxy) is 1. The SMILES string of the molecule is Nc1ccc(C(=O)OC(c2ccccc2)c2ccccc2)c(F)c1. The average Bonchev–Trinajstić information content (AvgIpc) is 2.61. The zero-order valence-electron chi connectivity index (χ0n) is 12.9. The first-order chi connectivity index (χ1) is 11.6. The number of hydrogen-bond acceptors (Lipinski definition) is 3. The second-order valence-corrected chi connectivity index (χ2v) is 5.35. The van der Waals surface area contributed by atoms with E-state index >= 15 is 0 Å². The van der Waals surface area contributed by atoms with E-state index in [1.807, 2.05) is 60.7 Å². The van der Waals surface area contributed by atoms with Gasteiger partial charge in [0, 0.05) is 5.69 Å². The molecule has 0 amide bonds. The van der Waals surface area contributed by atoms with Crippen molar-refractivity contribution in [1.82, 2.24) is 0 Å². The molecule has 0 bridgehead atoms. The number of esters is 1. The van der Waals surface area contributed by atoms with Gasteiger partial charge < -0.3 is 10.5 Å². The molecule has 4 heteroatoms. The van der Waals surface area contributed by atoms with Gasteiger partial charge in [0.05, 0.1) is 5.56 Å². The minimum atomic E-state index is -0.731. The third kappa shape index (κ3) is 3.43. The number of halogens is 1. The van der Waals surface area contributed by atoms with Crippen LogP contribution in [-0.4, -0.2) is 5.97 Å². The van der Waals surface area contributed by atoms with Gasteiger partial charge in [0.25, 0.3) is 0 Å². The van der Waals surface area contributed by atoms with Crippen LogP contribution in [0.2, 0.25) is 0 Å². The Labute approximate surface area is 139 Å². The third-order valence-corrected chi connectivity index (χ3v) is 3.64. The van der Waals surface area contributed by atoms with Crippen LogP contribution in [0.4, 0.5) is 10.1 Å². The predicted molar refractivity (Wildman–Crippen MR) is 91.0 cm³/mol. The molecule has 0 saturated carbocycles. The number of carbonyl (C=O) groups is 1. The maximum atomic E-state index is 14.0. The Kier molecular flexibility index (Phi) is 4.57. The summed E-state index contributed by atoms with van der Waals surface area (Å²) in [6, 6.07) is 22.6. The lowest BCUT2D eigenvalue weighted by atomic mass is 10.0. The highest BCUT2D eigenvalue weighted by Crippen LogP contribution is 2.27. The van der Waals surface area contributed by atoms with Crippen molar-refractivity contribution in [1.29, 1.82) is 0 Å². The Balaban J connectivity index is 1.94. The highest BCUT2D eigenvalue weighted by atomic mass is 19.1. The van der Waals surface area contributed by atoms with Gasteiger partial charge in [-0.3, -0.25) is 0 Å². The van der Waals surface area contributed by atoms with Crippen LogP contribution in [0.25, 0.3) is 0 Å².